The van der Waals surface area contributed by atoms with Crippen LogP contribution in [0.4, 0.5) is 0 Å². The van der Waals surface area contributed by atoms with E-state index in [2.05, 4.69) is 0 Å². The van der Waals surface area contributed by atoms with Crippen LogP contribution in [0.1, 0.15) is 37.7 Å². The molecule has 0 aromatic heterocycles. The second-order valence-electron chi connectivity index (χ2n) is 6.49. The van der Waals surface area contributed by atoms with Crippen LogP contribution in [0.15, 0.2) is 53.4 Å². The molecule has 140 valence electrons. The molecule has 1 saturated heterocycles. The molecule has 0 radical (unpaired) electrons. The highest BCUT2D eigenvalue weighted by atomic mass is 35.5. The molecule has 1 unspecified atom stereocenters. The molecule has 1 fully saturated rings. The zero-order valence-electron chi connectivity index (χ0n) is 14.9. The van der Waals surface area contributed by atoms with E-state index in [1.165, 1.54) is 0 Å². The summed E-state index contributed by atoms with van der Waals surface area (Å²) in [5.41, 5.74) is 1.13. The van der Waals surface area contributed by atoms with Gasteiger partial charge in [0.25, 0.3) is 0 Å². The molecule has 1 aliphatic heterocycles. The molecule has 0 saturated carbocycles. The molecule has 1 atom stereocenters. The van der Waals surface area contributed by atoms with E-state index < -0.39 is 10.0 Å². The van der Waals surface area contributed by atoms with Crippen molar-refractivity contribution in [2.75, 3.05) is 19.7 Å². The van der Waals surface area contributed by atoms with E-state index in [4.69, 9.17) is 16.3 Å². The molecule has 6 heteroatoms. The van der Waals surface area contributed by atoms with Gasteiger partial charge >= 0.3 is 0 Å². The highest BCUT2D eigenvalue weighted by molar-refractivity contribution is 7.89. The first-order chi connectivity index (χ1) is 12.5. The van der Waals surface area contributed by atoms with Gasteiger partial charge in [-0.3, -0.25) is 0 Å². The van der Waals surface area contributed by atoms with Crippen LogP contribution in [-0.2, 0) is 10.0 Å². The van der Waals surface area contributed by atoms with E-state index in [9.17, 15) is 8.42 Å². The van der Waals surface area contributed by atoms with Crippen LogP contribution in [0.2, 0.25) is 5.02 Å². The average molecular weight is 394 g/mol. The van der Waals surface area contributed by atoms with Crippen molar-refractivity contribution in [2.45, 2.75) is 37.0 Å². The Bertz CT molecular complexity index is 836. The molecule has 0 N–H and O–H groups in total. The monoisotopic (exact) mass is 393 g/mol. The maximum atomic E-state index is 13.3. The maximum Gasteiger partial charge on any atom is 0.246 e. The van der Waals surface area contributed by atoms with Gasteiger partial charge in [0.1, 0.15) is 10.6 Å². The lowest BCUT2D eigenvalue weighted by molar-refractivity contribution is 0.328. The van der Waals surface area contributed by atoms with Crippen molar-refractivity contribution in [3.8, 4) is 5.75 Å². The number of hydrogen-bond donors (Lipinski definition) is 0. The van der Waals surface area contributed by atoms with Crippen molar-refractivity contribution in [1.29, 1.82) is 0 Å². The number of rotatable bonds is 5. The van der Waals surface area contributed by atoms with Gasteiger partial charge in [0, 0.05) is 18.1 Å². The number of hydrogen-bond acceptors (Lipinski definition) is 3. The van der Waals surface area contributed by atoms with Crippen LogP contribution in [0.3, 0.4) is 0 Å². The lowest BCUT2D eigenvalue weighted by Gasteiger charge is -2.25. The Balaban J connectivity index is 1.90. The summed E-state index contributed by atoms with van der Waals surface area (Å²) in [5.74, 6) is 0.589. The number of nitrogens with zero attached hydrogens (tertiary/aromatic N) is 1. The second kappa shape index (κ2) is 8.42. The number of ether oxygens (including phenoxy) is 1. The Morgan fingerprint density at radius 3 is 2.58 bits per heavy atom. The molecule has 0 bridgehead atoms. The third kappa shape index (κ3) is 4.22. The Morgan fingerprint density at radius 1 is 1.12 bits per heavy atom. The minimum absolute atomic E-state index is 0.170. The highest BCUT2D eigenvalue weighted by Gasteiger charge is 2.31. The van der Waals surface area contributed by atoms with E-state index >= 15 is 0 Å². The molecule has 2 aromatic carbocycles. The molecular weight excluding hydrogens is 370 g/mol. The van der Waals surface area contributed by atoms with Crippen LogP contribution < -0.4 is 4.74 Å². The van der Waals surface area contributed by atoms with Gasteiger partial charge in [-0.05, 0) is 55.5 Å². The molecular formula is C20H24ClNO3S. The van der Waals surface area contributed by atoms with Gasteiger partial charge in [0.05, 0.1) is 6.61 Å². The van der Waals surface area contributed by atoms with Gasteiger partial charge in [-0.2, -0.15) is 4.31 Å². The third-order valence-corrected chi connectivity index (χ3v) is 6.90. The summed E-state index contributed by atoms with van der Waals surface area (Å²) in [4.78, 5) is 0.249. The van der Waals surface area contributed by atoms with Crippen LogP contribution >= 0.6 is 11.6 Å². The van der Waals surface area contributed by atoms with Gasteiger partial charge in [0.15, 0.2) is 0 Å². The first kappa shape index (κ1) is 19.2. The zero-order chi connectivity index (χ0) is 18.6. The van der Waals surface area contributed by atoms with Crippen molar-refractivity contribution >= 4 is 21.6 Å². The number of benzene rings is 2. The summed E-state index contributed by atoms with van der Waals surface area (Å²) in [7, 11) is -3.61. The molecule has 3 rings (SSSR count). The maximum absolute atomic E-state index is 13.3. The fourth-order valence-corrected chi connectivity index (χ4v) is 5.19. The average Bonchev–Trinajstić information content (AvgIpc) is 2.90. The highest BCUT2D eigenvalue weighted by Crippen LogP contribution is 2.32. The van der Waals surface area contributed by atoms with E-state index in [1.54, 1.807) is 28.6 Å². The van der Waals surface area contributed by atoms with E-state index in [0.717, 1.165) is 24.8 Å². The lowest BCUT2D eigenvalue weighted by Crippen LogP contribution is -2.34. The van der Waals surface area contributed by atoms with E-state index in [-0.39, 0.29) is 10.8 Å². The number of halogens is 1. The molecule has 1 heterocycles. The molecule has 26 heavy (non-hydrogen) atoms. The second-order valence-corrected chi connectivity index (χ2v) is 8.83. The van der Waals surface area contributed by atoms with E-state index in [1.807, 2.05) is 31.2 Å². The summed E-state index contributed by atoms with van der Waals surface area (Å²) in [6, 6.07) is 14.6. The standard InChI is InChI=1S/C20H24ClNO3S/c1-2-25-19-8-3-4-9-20(19)26(23,24)22-14-6-5-7-17(15-22)16-10-12-18(21)13-11-16/h3-4,8-13,17H,2,5-7,14-15H2,1H3. The quantitative estimate of drug-likeness (QED) is 0.739. The van der Waals surface area contributed by atoms with Gasteiger partial charge < -0.3 is 4.74 Å². The van der Waals surface area contributed by atoms with E-state index in [0.29, 0.717) is 30.5 Å². The fourth-order valence-electron chi connectivity index (χ4n) is 3.41. The van der Waals surface area contributed by atoms with Crippen LogP contribution in [0, 0.1) is 0 Å². The van der Waals surface area contributed by atoms with Crippen molar-refractivity contribution in [2.24, 2.45) is 0 Å². The molecule has 0 aliphatic carbocycles. The molecule has 0 spiro atoms. The molecule has 1 aliphatic rings. The number of para-hydroxylation sites is 1. The summed E-state index contributed by atoms with van der Waals surface area (Å²) >= 11 is 5.99. The summed E-state index contributed by atoms with van der Waals surface area (Å²) < 4.78 is 33.7. The molecule has 2 aromatic rings. The Labute approximate surface area is 160 Å². The predicted molar refractivity (Wildman–Crippen MR) is 104 cm³/mol. The van der Waals surface area contributed by atoms with Crippen molar-refractivity contribution in [1.82, 2.24) is 4.31 Å². The summed E-state index contributed by atoms with van der Waals surface area (Å²) in [6.45, 7) is 3.29. The summed E-state index contributed by atoms with van der Waals surface area (Å²) in [5, 5.41) is 0.692. The lowest BCUT2D eigenvalue weighted by atomic mass is 9.95. The van der Waals surface area contributed by atoms with Crippen molar-refractivity contribution in [3.63, 3.8) is 0 Å². The van der Waals surface area contributed by atoms with Crippen molar-refractivity contribution in [3.05, 3.63) is 59.1 Å². The van der Waals surface area contributed by atoms with Crippen LogP contribution in [-0.4, -0.2) is 32.4 Å². The largest absolute Gasteiger partial charge is 0.492 e. The van der Waals surface area contributed by atoms with Gasteiger partial charge in [-0.1, -0.05) is 42.3 Å². The first-order valence-electron chi connectivity index (χ1n) is 9.00. The first-order valence-corrected chi connectivity index (χ1v) is 10.8. The number of sulfonamides is 1. The van der Waals surface area contributed by atoms with Gasteiger partial charge in [-0.15, -0.1) is 0 Å². The normalized spacial score (nSPS) is 19.1. The Morgan fingerprint density at radius 2 is 1.85 bits per heavy atom. The third-order valence-electron chi connectivity index (χ3n) is 4.74. The molecule has 4 nitrogen and oxygen atoms in total. The van der Waals surface area contributed by atoms with Gasteiger partial charge in [-0.25, -0.2) is 8.42 Å². The Kier molecular flexibility index (Phi) is 6.22. The Hall–Kier alpha value is -1.56. The SMILES string of the molecule is CCOc1ccccc1S(=O)(=O)N1CCCCC(c2ccc(Cl)cc2)C1. The predicted octanol–water partition coefficient (Wildman–Crippen LogP) is 4.70. The smallest absolute Gasteiger partial charge is 0.246 e. The fraction of sp³-hybridized carbons (Fsp3) is 0.400. The minimum Gasteiger partial charge on any atom is -0.492 e. The zero-order valence-corrected chi connectivity index (χ0v) is 16.5. The summed E-state index contributed by atoms with van der Waals surface area (Å²) in [6.07, 6.45) is 2.84. The van der Waals surface area contributed by atoms with Crippen LogP contribution in [0.5, 0.6) is 5.75 Å². The van der Waals surface area contributed by atoms with Gasteiger partial charge in [0.2, 0.25) is 10.0 Å². The van der Waals surface area contributed by atoms with Crippen LogP contribution in [0.25, 0.3) is 0 Å². The van der Waals surface area contributed by atoms with Crippen molar-refractivity contribution < 1.29 is 13.2 Å². The minimum atomic E-state index is -3.61. The topological polar surface area (TPSA) is 46.6 Å². The molecule has 0 amide bonds.